The van der Waals surface area contributed by atoms with Crippen LogP contribution in [0.4, 0.5) is 5.69 Å². The molecule has 0 fully saturated rings. The van der Waals surface area contributed by atoms with Crippen molar-refractivity contribution < 1.29 is 4.92 Å². The third kappa shape index (κ3) is 3.18. The number of aryl methyl sites for hydroxylation is 1. The average molecular weight is 391 g/mol. The molecular weight excluding hydrogens is 374 g/mol. The van der Waals surface area contributed by atoms with E-state index in [-0.39, 0.29) is 5.69 Å². The molecule has 2 heterocycles. The van der Waals surface area contributed by atoms with Crippen LogP contribution >= 0.6 is 11.8 Å². The van der Waals surface area contributed by atoms with E-state index in [0.29, 0.717) is 0 Å². The number of benzene rings is 2. The van der Waals surface area contributed by atoms with E-state index in [2.05, 4.69) is 4.98 Å². The van der Waals surface area contributed by atoms with Crippen molar-refractivity contribution in [2.75, 3.05) is 6.26 Å². The summed E-state index contributed by atoms with van der Waals surface area (Å²) in [5, 5.41) is 16.7. The third-order valence-corrected chi connectivity index (χ3v) is 5.08. The van der Waals surface area contributed by atoms with Crippen molar-refractivity contribution in [3.8, 4) is 22.6 Å². The molecule has 0 saturated carbocycles. The van der Waals surface area contributed by atoms with Gasteiger partial charge in [0.25, 0.3) is 5.69 Å². The van der Waals surface area contributed by atoms with E-state index in [4.69, 9.17) is 5.10 Å². The molecular formula is C20H17N5O2S. The van der Waals surface area contributed by atoms with E-state index in [0.717, 1.165) is 33.2 Å². The first-order valence-electron chi connectivity index (χ1n) is 8.55. The van der Waals surface area contributed by atoms with E-state index in [1.54, 1.807) is 36.4 Å². The van der Waals surface area contributed by atoms with Gasteiger partial charge in [0.2, 0.25) is 0 Å². The first kappa shape index (κ1) is 18.0. The summed E-state index contributed by atoms with van der Waals surface area (Å²) < 4.78 is 3.79. The number of thioether (sulfide) groups is 1. The highest BCUT2D eigenvalue weighted by Crippen LogP contribution is 2.36. The molecule has 0 radical (unpaired) electrons. The molecule has 2 aromatic carbocycles. The lowest BCUT2D eigenvalue weighted by Gasteiger charge is -2.11. The second-order valence-electron chi connectivity index (χ2n) is 6.23. The van der Waals surface area contributed by atoms with Gasteiger partial charge in [-0.3, -0.25) is 10.1 Å². The van der Waals surface area contributed by atoms with E-state index < -0.39 is 4.92 Å². The van der Waals surface area contributed by atoms with Crippen LogP contribution in [0.1, 0.15) is 5.56 Å². The van der Waals surface area contributed by atoms with Gasteiger partial charge in [-0.05, 0) is 37.4 Å². The van der Waals surface area contributed by atoms with Crippen molar-refractivity contribution >= 4 is 17.4 Å². The summed E-state index contributed by atoms with van der Waals surface area (Å²) >= 11 is 1.54. The Labute approximate surface area is 165 Å². The van der Waals surface area contributed by atoms with Crippen LogP contribution in [0.2, 0.25) is 0 Å². The number of non-ortho nitro benzene ring substituents is 1. The van der Waals surface area contributed by atoms with Crippen LogP contribution in [0.25, 0.3) is 22.6 Å². The summed E-state index contributed by atoms with van der Waals surface area (Å²) in [6, 6.07) is 14.6. The maximum atomic E-state index is 11.0. The minimum absolute atomic E-state index is 0.0550. The summed E-state index contributed by atoms with van der Waals surface area (Å²) in [7, 11) is 0. The number of nitrogens with zero attached hydrogens (tertiary/aromatic N) is 5. The largest absolute Gasteiger partial charge is 0.302 e. The Balaban J connectivity index is 1.99. The fraction of sp³-hybridized carbons (Fsp3) is 0.100. The molecule has 2 aromatic heterocycles. The zero-order valence-electron chi connectivity index (χ0n) is 15.3. The van der Waals surface area contributed by atoms with Crippen molar-refractivity contribution in [1.29, 1.82) is 0 Å². The Hall–Kier alpha value is -3.39. The first-order chi connectivity index (χ1) is 13.6. The molecule has 0 saturated heterocycles. The van der Waals surface area contributed by atoms with Crippen molar-refractivity contribution in [3.05, 3.63) is 82.9 Å². The van der Waals surface area contributed by atoms with Gasteiger partial charge in [-0.1, -0.05) is 17.7 Å². The number of aromatic nitrogens is 4. The van der Waals surface area contributed by atoms with Crippen molar-refractivity contribution in [2.24, 2.45) is 0 Å². The van der Waals surface area contributed by atoms with Crippen molar-refractivity contribution in [1.82, 2.24) is 19.3 Å². The molecule has 0 atom stereocenters. The number of hydrogen-bond donors (Lipinski definition) is 0. The summed E-state index contributed by atoms with van der Waals surface area (Å²) in [5.41, 5.74) is 4.70. The van der Waals surface area contributed by atoms with Gasteiger partial charge in [0.1, 0.15) is 10.7 Å². The summed E-state index contributed by atoms with van der Waals surface area (Å²) in [5.74, 6) is 0. The fourth-order valence-corrected chi connectivity index (χ4v) is 3.58. The second-order valence-corrected chi connectivity index (χ2v) is 7.02. The molecule has 4 aromatic rings. The summed E-state index contributed by atoms with van der Waals surface area (Å²) in [6.07, 6.45) is 7.28. The maximum Gasteiger partial charge on any atom is 0.269 e. The molecule has 0 amide bonds. The highest BCUT2D eigenvalue weighted by atomic mass is 32.2. The number of nitro benzene ring substituents is 1. The molecule has 28 heavy (non-hydrogen) atoms. The van der Waals surface area contributed by atoms with Gasteiger partial charge in [0, 0.05) is 30.1 Å². The predicted molar refractivity (Wildman–Crippen MR) is 109 cm³/mol. The third-order valence-electron chi connectivity index (χ3n) is 4.42. The van der Waals surface area contributed by atoms with Gasteiger partial charge in [-0.2, -0.15) is 5.10 Å². The summed E-state index contributed by atoms with van der Waals surface area (Å²) in [6.45, 7) is 2.04. The van der Waals surface area contributed by atoms with E-state index >= 15 is 0 Å². The van der Waals surface area contributed by atoms with Crippen LogP contribution in [0, 0.1) is 17.0 Å². The molecule has 0 bridgehead atoms. The zero-order valence-corrected chi connectivity index (χ0v) is 16.1. The smallest absolute Gasteiger partial charge is 0.269 e. The summed E-state index contributed by atoms with van der Waals surface area (Å²) in [4.78, 5) is 14.8. The average Bonchev–Trinajstić information content (AvgIpc) is 3.36. The Morgan fingerprint density at radius 1 is 1.07 bits per heavy atom. The predicted octanol–water partition coefficient (Wildman–Crippen LogP) is 4.66. The van der Waals surface area contributed by atoms with E-state index in [9.17, 15) is 10.1 Å². The molecule has 0 aliphatic carbocycles. The lowest BCUT2D eigenvalue weighted by atomic mass is 10.1. The molecule has 8 heteroatoms. The van der Waals surface area contributed by atoms with Crippen molar-refractivity contribution in [3.63, 3.8) is 0 Å². The minimum atomic E-state index is -0.398. The van der Waals surface area contributed by atoms with Gasteiger partial charge in [0.05, 0.1) is 22.6 Å². The Morgan fingerprint density at radius 3 is 2.36 bits per heavy atom. The van der Waals surface area contributed by atoms with Crippen molar-refractivity contribution in [2.45, 2.75) is 11.9 Å². The normalized spacial score (nSPS) is 10.9. The molecule has 0 aliphatic heterocycles. The quantitative estimate of drug-likeness (QED) is 0.281. The SMILES string of the molecule is CSc1nn(-c2ccc(C)cc2)c(-c2ccc([N+](=O)[O-])cc2)c1-n1ccnc1. The molecule has 7 nitrogen and oxygen atoms in total. The molecule has 140 valence electrons. The molecule has 0 aliphatic rings. The van der Waals surface area contributed by atoms with Gasteiger partial charge in [-0.15, -0.1) is 11.8 Å². The standard InChI is InChI=1S/C20H17N5O2S/c1-14-3-7-16(8-4-14)24-18(15-5-9-17(10-6-15)25(26)27)19(20(22-24)28-2)23-12-11-21-13-23/h3-13H,1-2H3. The second kappa shape index (κ2) is 7.32. The van der Waals surface area contributed by atoms with Crippen LogP contribution in [-0.4, -0.2) is 30.5 Å². The van der Waals surface area contributed by atoms with Crippen LogP contribution in [0.5, 0.6) is 0 Å². The van der Waals surface area contributed by atoms with Crippen LogP contribution in [0.15, 0.2) is 72.3 Å². The molecule has 0 spiro atoms. The lowest BCUT2D eigenvalue weighted by molar-refractivity contribution is -0.384. The maximum absolute atomic E-state index is 11.0. The monoisotopic (exact) mass is 391 g/mol. The highest BCUT2D eigenvalue weighted by molar-refractivity contribution is 7.98. The van der Waals surface area contributed by atoms with Gasteiger partial charge in [-0.25, -0.2) is 9.67 Å². The lowest BCUT2D eigenvalue weighted by Crippen LogP contribution is -2.01. The fourth-order valence-electron chi connectivity index (χ4n) is 3.02. The Morgan fingerprint density at radius 2 is 1.79 bits per heavy atom. The Kier molecular flexibility index (Phi) is 4.70. The van der Waals surface area contributed by atoms with Gasteiger partial charge < -0.3 is 4.57 Å². The topological polar surface area (TPSA) is 78.8 Å². The number of imidazole rings is 1. The zero-order chi connectivity index (χ0) is 19.7. The van der Waals surface area contributed by atoms with Crippen LogP contribution in [0.3, 0.4) is 0 Å². The van der Waals surface area contributed by atoms with Gasteiger partial charge >= 0.3 is 0 Å². The minimum Gasteiger partial charge on any atom is -0.302 e. The Bertz CT molecular complexity index is 1120. The number of rotatable bonds is 5. The van der Waals surface area contributed by atoms with E-state index in [1.165, 1.54) is 12.1 Å². The number of nitro groups is 1. The van der Waals surface area contributed by atoms with E-state index in [1.807, 2.05) is 52.9 Å². The molecule has 4 rings (SSSR count). The first-order valence-corrected chi connectivity index (χ1v) is 9.78. The van der Waals surface area contributed by atoms with Gasteiger partial charge in [0.15, 0.2) is 0 Å². The van der Waals surface area contributed by atoms with Crippen LogP contribution < -0.4 is 0 Å². The molecule has 0 unspecified atom stereocenters. The number of hydrogen-bond acceptors (Lipinski definition) is 5. The highest BCUT2D eigenvalue weighted by Gasteiger charge is 2.22. The van der Waals surface area contributed by atoms with Crippen LogP contribution in [-0.2, 0) is 0 Å². The molecule has 0 N–H and O–H groups in total.